The van der Waals surface area contributed by atoms with Crippen LogP contribution in [0.4, 0.5) is 4.79 Å². The van der Waals surface area contributed by atoms with Gasteiger partial charge in [0.15, 0.2) is 0 Å². The van der Waals surface area contributed by atoms with Crippen LogP contribution < -0.4 is 9.47 Å². The van der Waals surface area contributed by atoms with E-state index in [1.807, 2.05) is 49.9 Å². The Kier molecular flexibility index (Phi) is 8.13. The van der Waals surface area contributed by atoms with Crippen molar-refractivity contribution in [3.63, 3.8) is 0 Å². The van der Waals surface area contributed by atoms with Gasteiger partial charge in [-0.2, -0.15) is 0 Å². The summed E-state index contributed by atoms with van der Waals surface area (Å²) in [5, 5.41) is 0. The molecule has 2 aliphatic heterocycles. The maximum Gasteiger partial charge on any atom is 0.410 e. The van der Waals surface area contributed by atoms with Crippen LogP contribution in [-0.2, 0) is 4.74 Å². The van der Waals surface area contributed by atoms with Gasteiger partial charge in [-0.15, -0.1) is 0 Å². The average Bonchev–Trinajstić information content (AvgIpc) is 3.33. The van der Waals surface area contributed by atoms with Crippen LogP contribution in [0.2, 0.25) is 0 Å². The van der Waals surface area contributed by atoms with Gasteiger partial charge < -0.3 is 24.0 Å². The summed E-state index contributed by atoms with van der Waals surface area (Å²) in [6.07, 6.45) is 3.15. The SMILES string of the molecule is COc1cc(C(=O)N2CCCC2c2cccc(OC3CCN(C(=O)OC(C)(C)C)CC3)c2)ccc1Br. The van der Waals surface area contributed by atoms with Crippen molar-refractivity contribution in [2.45, 2.75) is 64.2 Å². The lowest BCUT2D eigenvalue weighted by molar-refractivity contribution is 0.0126. The minimum Gasteiger partial charge on any atom is -0.496 e. The highest BCUT2D eigenvalue weighted by Crippen LogP contribution is 2.36. The Bertz CT molecular complexity index is 1090. The second kappa shape index (κ2) is 11.1. The van der Waals surface area contributed by atoms with Crippen LogP contribution >= 0.6 is 15.9 Å². The van der Waals surface area contributed by atoms with E-state index in [2.05, 4.69) is 28.1 Å². The molecule has 0 aliphatic carbocycles. The molecule has 0 spiro atoms. The van der Waals surface area contributed by atoms with E-state index in [9.17, 15) is 9.59 Å². The molecule has 194 valence electrons. The van der Waals surface area contributed by atoms with Crippen LogP contribution in [-0.4, -0.2) is 60.2 Å². The van der Waals surface area contributed by atoms with E-state index in [-0.39, 0.29) is 24.1 Å². The smallest absolute Gasteiger partial charge is 0.410 e. The lowest BCUT2D eigenvalue weighted by atomic mass is 10.0. The van der Waals surface area contributed by atoms with Crippen molar-refractivity contribution in [1.82, 2.24) is 9.80 Å². The summed E-state index contributed by atoms with van der Waals surface area (Å²) in [6.45, 7) is 7.57. The van der Waals surface area contributed by atoms with Crippen LogP contribution in [0.25, 0.3) is 0 Å². The molecule has 1 atom stereocenters. The molecule has 4 rings (SSSR count). The zero-order chi connectivity index (χ0) is 25.9. The van der Waals surface area contributed by atoms with Crippen molar-refractivity contribution < 1.29 is 23.8 Å². The summed E-state index contributed by atoms with van der Waals surface area (Å²) in [6, 6.07) is 13.5. The van der Waals surface area contributed by atoms with Crippen LogP contribution in [0, 0.1) is 0 Å². The number of likely N-dealkylation sites (tertiary alicyclic amines) is 2. The van der Waals surface area contributed by atoms with Crippen molar-refractivity contribution in [3.05, 3.63) is 58.1 Å². The standard InChI is InChI=1S/C28H35BrN2O5/c1-28(2,3)36-27(33)30-15-12-21(13-16-30)35-22-8-5-7-19(17-22)24-9-6-14-31(24)26(32)20-10-11-23(29)25(18-20)34-4/h5,7-8,10-11,17-18,21,24H,6,9,12-16H2,1-4H3. The summed E-state index contributed by atoms with van der Waals surface area (Å²) in [5.41, 5.74) is 1.20. The molecule has 2 heterocycles. The average molecular weight is 560 g/mol. The number of carbonyl (C=O) groups excluding carboxylic acids is 2. The molecule has 36 heavy (non-hydrogen) atoms. The Morgan fingerprint density at radius 1 is 1.00 bits per heavy atom. The highest BCUT2D eigenvalue weighted by atomic mass is 79.9. The lowest BCUT2D eigenvalue weighted by Gasteiger charge is -2.33. The van der Waals surface area contributed by atoms with E-state index in [1.165, 1.54) is 0 Å². The van der Waals surface area contributed by atoms with E-state index < -0.39 is 5.60 Å². The number of amides is 2. The Balaban J connectivity index is 1.39. The molecule has 2 aromatic carbocycles. The van der Waals surface area contributed by atoms with Crippen molar-refractivity contribution >= 4 is 27.9 Å². The first kappa shape index (κ1) is 26.3. The molecule has 7 nitrogen and oxygen atoms in total. The van der Waals surface area contributed by atoms with Gasteiger partial charge in [-0.1, -0.05) is 12.1 Å². The number of hydrogen-bond acceptors (Lipinski definition) is 5. The second-order valence-electron chi connectivity index (χ2n) is 10.4. The topological polar surface area (TPSA) is 68.3 Å². The molecule has 0 N–H and O–H groups in total. The second-order valence-corrected chi connectivity index (χ2v) is 11.2. The number of methoxy groups -OCH3 is 1. The van der Waals surface area contributed by atoms with Gasteiger partial charge in [-0.25, -0.2) is 4.79 Å². The number of rotatable bonds is 5. The maximum atomic E-state index is 13.4. The van der Waals surface area contributed by atoms with E-state index >= 15 is 0 Å². The first-order chi connectivity index (χ1) is 17.1. The molecule has 2 amide bonds. The first-order valence-electron chi connectivity index (χ1n) is 12.5. The number of piperidine rings is 1. The summed E-state index contributed by atoms with van der Waals surface area (Å²) in [5.74, 6) is 1.45. The Morgan fingerprint density at radius 3 is 2.44 bits per heavy atom. The van der Waals surface area contributed by atoms with Crippen molar-refractivity contribution in [2.75, 3.05) is 26.7 Å². The maximum absolute atomic E-state index is 13.4. The highest BCUT2D eigenvalue weighted by molar-refractivity contribution is 9.10. The fraction of sp³-hybridized carbons (Fsp3) is 0.500. The van der Waals surface area contributed by atoms with Gasteiger partial charge in [0.25, 0.3) is 5.91 Å². The molecule has 2 saturated heterocycles. The van der Waals surface area contributed by atoms with Gasteiger partial charge >= 0.3 is 6.09 Å². The normalized spacial score (nSPS) is 18.8. The monoisotopic (exact) mass is 558 g/mol. The van der Waals surface area contributed by atoms with Crippen LogP contribution in [0.5, 0.6) is 11.5 Å². The number of halogens is 1. The molecule has 0 bridgehead atoms. The van der Waals surface area contributed by atoms with Gasteiger partial charge in [-0.3, -0.25) is 4.79 Å². The zero-order valence-corrected chi connectivity index (χ0v) is 23.0. The lowest BCUT2D eigenvalue weighted by Crippen LogP contribution is -2.44. The van der Waals surface area contributed by atoms with Crippen molar-refractivity contribution in [3.8, 4) is 11.5 Å². The molecule has 8 heteroatoms. The van der Waals surface area contributed by atoms with Crippen LogP contribution in [0.1, 0.15) is 68.4 Å². The third-order valence-corrected chi connectivity index (χ3v) is 7.21. The van der Waals surface area contributed by atoms with Crippen molar-refractivity contribution in [2.24, 2.45) is 0 Å². The minimum absolute atomic E-state index is 0.00383. The summed E-state index contributed by atoms with van der Waals surface area (Å²) in [4.78, 5) is 29.4. The van der Waals surface area contributed by atoms with Gasteiger partial charge in [0, 0.05) is 38.0 Å². The van der Waals surface area contributed by atoms with Gasteiger partial charge in [0.2, 0.25) is 0 Å². The largest absolute Gasteiger partial charge is 0.496 e. The predicted octanol–water partition coefficient (Wildman–Crippen LogP) is 6.21. The Hall–Kier alpha value is -2.74. The van der Waals surface area contributed by atoms with Gasteiger partial charge in [0.05, 0.1) is 17.6 Å². The predicted molar refractivity (Wildman–Crippen MR) is 142 cm³/mol. The number of nitrogens with zero attached hydrogens (tertiary/aromatic N) is 2. The summed E-state index contributed by atoms with van der Waals surface area (Å²) < 4.78 is 18.0. The Morgan fingerprint density at radius 2 is 1.75 bits per heavy atom. The molecule has 0 radical (unpaired) electrons. The summed E-state index contributed by atoms with van der Waals surface area (Å²) in [7, 11) is 1.60. The van der Waals surface area contributed by atoms with Gasteiger partial charge in [0.1, 0.15) is 23.2 Å². The van der Waals surface area contributed by atoms with Crippen LogP contribution in [0.15, 0.2) is 46.9 Å². The molecule has 1 unspecified atom stereocenters. The number of carbonyl (C=O) groups is 2. The van der Waals surface area contributed by atoms with E-state index in [0.29, 0.717) is 24.4 Å². The van der Waals surface area contributed by atoms with E-state index in [4.69, 9.17) is 14.2 Å². The number of hydrogen-bond donors (Lipinski definition) is 0. The molecule has 2 aromatic rings. The number of ether oxygens (including phenoxy) is 3. The van der Waals surface area contributed by atoms with E-state index in [0.717, 1.165) is 48.0 Å². The molecular formula is C28H35BrN2O5. The van der Waals surface area contributed by atoms with E-state index in [1.54, 1.807) is 18.1 Å². The first-order valence-corrected chi connectivity index (χ1v) is 13.3. The number of benzene rings is 2. The molecule has 0 saturated carbocycles. The fourth-order valence-corrected chi connectivity index (χ4v) is 5.19. The third kappa shape index (κ3) is 6.33. The van der Waals surface area contributed by atoms with Gasteiger partial charge in [-0.05, 0) is 85.4 Å². The highest BCUT2D eigenvalue weighted by Gasteiger charge is 2.32. The summed E-state index contributed by atoms with van der Waals surface area (Å²) >= 11 is 3.45. The molecule has 2 aliphatic rings. The van der Waals surface area contributed by atoms with Crippen molar-refractivity contribution in [1.29, 1.82) is 0 Å². The molecule has 2 fully saturated rings. The van der Waals surface area contributed by atoms with Crippen LogP contribution in [0.3, 0.4) is 0 Å². The zero-order valence-electron chi connectivity index (χ0n) is 21.5. The fourth-order valence-electron chi connectivity index (χ4n) is 4.79. The quantitative estimate of drug-likeness (QED) is 0.436. The molecular weight excluding hydrogens is 524 g/mol. The Labute approximate surface area is 221 Å². The molecule has 0 aromatic heterocycles. The minimum atomic E-state index is -0.496. The third-order valence-electron chi connectivity index (χ3n) is 6.55.